The number of piperidine rings is 1. The quantitative estimate of drug-likeness (QED) is 0.129. The first-order chi connectivity index (χ1) is 20.0. The molecule has 1 saturated heterocycles. The van der Waals surface area contributed by atoms with E-state index in [-0.39, 0.29) is 25.0 Å². The molecule has 3 amide bonds. The van der Waals surface area contributed by atoms with Gasteiger partial charge in [-0.25, -0.2) is 13.4 Å². The van der Waals surface area contributed by atoms with Gasteiger partial charge < -0.3 is 24.4 Å². The molecule has 1 fully saturated rings. The zero-order valence-corrected chi connectivity index (χ0v) is 26.0. The standard InChI is InChI=1S/C30H44N4O7S/c1-30(2,3)41-29(39)31-23-13-16-33(17-14-23)42-32(4)15-8-20-40-19-7-10-22-9-5-12-25-26(22)28(38)34(27(25)37)24(21-36)11-6-18-35/h5,9,12,18,21,23-24H,6-8,10-11,13-17,19-20H2,1-4H3,(H,31,39). The van der Waals surface area contributed by atoms with E-state index in [1.807, 2.05) is 26.8 Å². The molecule has 0 bridgehead atoms. The number of nitrogens with zero attached hydrogens (tertiary/aromatic N) is 3. The fourth-order valence-corrected chi connectivity index (χ4v) is 6.01. The van der Waals surface area contributed by atoms with Gasteiger partial charge in [-0.15, -0.1) is 0 Å². The van der Waals surface area contributed by atoms with Crippen molar-refractivity contribution >= 4 is 42.6 Å². The second-order valence-electron chi connectivity index (χ2n) is 11.6. The molecule has 1 unspecified atom stereocenters. The minimum Gasteiger partial charge on any atom is -0.444 e. The minimum atomic E-state index is -0.942. The number of rotatable bonds is 16. The van der Waals surface area contributed by atoms with Gasteiger partial charge in [0.15, 0.2) is 0 Å². The van der Waals surface area contributed by atoms with Gasteiger partial charge in [-0.05, 0) is 78.0 Å². The molecule has 0 aliphatic carbocycles. The van der Waals surface area contributed by atoms with E-state index >= 15 is 0 Å². The molecule has 2 aliphatic rings. The lowest BCUT2D eigenvalue weighted by Gasteiger charge is -2.33. The van der Waals surface area contributed by atoms with Crippen LogP contribution in [0.1, 0.15) is 85.6 Å². The molecule has 1 aromatic carbocycles. The maximum absolute atomic E-state index is 13.1. The van der Waals surface area contributed by atoms with E-state index < -0.39 is 23.5 Å². The molecule has 42 heavy (non-hydrogen) atoms. The fraction of sp³-hybridized carbons (Fsp3) is 0.633. The Morgan fingerprint density at radius 3 is 2.52 bits per heavy atom. The van der Waals surface area contributed by atoms with Crippen LogP contribution in [0.15, 0.2) is 18.2 Å². The maximum Gasteiger partial charge on any atom is 0.407 e. The molecule has 1 aromatic rings. The number of fused-ring (bicyclic) bond motifs is 1. The van der Waals surface area contributed by atoms with Gasteiger partial charge in [-0.1, -0.05) is 12.1 Å². The summed E-state index contributed by atoms with van der Waals surface area (Å²) >= 11 is 1.70. The first-order valence-electron chi connectivity index (χ1n) is 14.6. The highest BCUT2D eigenvalue weighted by molar-refractivity contribution is 7.94. The normalized spacial score (nSPS) is 16.9. The summed E-state index contributed by atoms with van der Waals surface area (Å²) in [6.45, 7) is 9.35. The number of hydrogen-bond donors (Lipinski definition) is 1. The number of alkyl carbamates (subject to hydrolysis) is 1. The third kappa shape index (κ3) is 9.89. The summed E-state index contributed by atoms with van der Waals surface area (Å²) in [4.78, 5) is 61.2. The van der Waals surface area contributed by atoms with Gasteiger partial charge in [-0.3, -0.25) is 14.5 Å². The van der Waals surface area contributed by atoms with Crippen molar-refractivity contribution in [2.75, 3.05) is 39.9 Å². The van der Waals surface area contributed by atoms with E-state index in [2.05, 4.69) is 21.0 Å². The summed E-state index contributed by atoms with van der Waals surface area (Å²) in [5.74, 6) is -0.960. The Balaban J connectivity index is 1.31. The van der Waals surface area contributed by atoms with Gasteiger partial charge in [0.25, 0.3) is 11.8 Å². The molecule has 232 valence electrons. The molecule has 1 N–H and O–H groups in total. The van der Waals surface area contributed by atoms with Crippen LogP contribution in [-0.2, 0) is 25.5 Å². The number of ether oxygens (including phenoxy) is 2. The van der Waals surface area contributed by atoms with Gasteiger partial charge in [0, 0.05) is 57.4 Å². The van der Waals surface area contributed by atoms with Crippen LogP contribution in [-0.4, -0.2) is 102 Å². The first kappa shape index (κ1) is 33.7. The van der Waals surface area contributed by atoms with Gasteiger partial charge in [0.05, 0.1) is 17.2 Å². The SMILES string of the molecule is CN(CCCOCCCc1cccc2c1C(=O)N(C(C=O)CCC=O)C2=O)SN1CCC(NC(=O)OC(C)(C)C)CC1. The second-order valence-corrected chi connectivity index (χ2v) is 12.9. The van der Waals surface area contributed by atoms with E-state index in [4.69, 9.17) is 9.47 Å². The van der Waals surface area contributed by atoms with Crippen molar-refractivity contribution < 1.29 is 33.4 Å². The summed E-state index contributed by atoms with van der Waals surface area (Å²) in [5, 5.41) is 2.97. The molecule has 0 spiro atoms. The van der Waals surface area contributed by atoms with Crippen molar-refractivity contribution in [3.05, 3.63) is 34.9 Å². The smallest absolute Gasteiger partial charge is 0.407 e. The number of hydrogen-bond acceptors (Lipinski definition) is 10. The van der Waals surface area contributed by atoms with Crippen molar-refractivity contribution in [2.24, 2.45) is 0 Å². The minimum absolute atomic E-state index is 0.100. The lowest BCUT2D eigenvalue weighted by Crippen LogP contribution is -2.45. The van der Waals surface area contributed by atoms with E-state index in [9.17, 15) is 24.0 Å². The average Bonchev–Trinajstić information content (AvgIpc) is 3.19. The second kappa shape index (κ2) is 16.2. The lowest BCUT2D eigenvalue weighted by molar-refractivity contribution is -0.112. The predicted octanol–water partition coefficient (Wildman–Crippen LogP) is 3.65. The number of benzene rings is 1. The highest BCUT2D eigenvalue weighted by atomic mass is 32.2. The van der Waals surface area contributed by atoms with E-state index in [1.165, 1.54) is 0 Å². The molecule has 0 aromatic heterocycles. The van der Waals surface area contributed by atoms with E-state index in [0.717, 1.165) is 49.4 Å². The summed E-state index contributed by atoms with van der Waals surface area (Å²) in [5.41, 5.74) is 0.920. The van der Waals surface area contributed by atoms with Crippen LogP contribution in [0.5, 0.6) is 0 Å². The number of aryl methyl sites for hydroxylation is 1. The zero-order valence-electron chi connectivity index (χ0n) is 25.1. The summed E-state index contributed by atoms with van der Waals surface area (Å²) < 4.78 is 15.7. The highest BCUT2D eigenvalue weighted by Gasteiger charge is 2.41. The average molecular weight is 605 g/mol. The topological polar surface area (TPSA) is 126 Å². The van der Waals surface area contributed by atoms with E-state index in [1.54, 1.807) is 24.3 Å². The largest absolute Gasteiger partial charge is 0.444 e. The Kier molecular flexibility index (Phi) is 13.0. The maximum atomic E-state index is 13.1. The summed E-state index contributed by atoms with van der Waals surface area (Å²) in [6, 6.07) is 4.37. The van der Waals surface area contributed by atoms with E-state index in [0.29, 0.717) is 49.8 Å². The molecular weight excluding hydrogens is 560 g/mol. The fourth-order valence-electron chi connectivity index (χ4n) is 5.03. The van der Waals surface area contributed by atoms with Crippen molar-refractivity contribution in [1.29, 1.82) is 0 Å². The molecule has 2 aliphatic heterocycles. The Labute approximate surface area is 252 Å². The molecule has 0 saturated carbocycles. The monoisotopic (exact) mass is 604 g/mol. The number of nitrogens with one attached hydrogen (secondary N) is 1. The van der Waals surface area contributed by atoms with Crippen LogP contribution in [0.3, 0.4) is 0 Å². The van der Waals surface area contributed by atoms with Crippen molar-refractivity contribution in [3.63, 3.8) is 0 Å². The highest BCUT2D eigenvalue weighted by Crippen LogP contribution is 2.29. The predicted molar refractivity (Wildman–Crippen MR) is 160 cm³/mol. The molecular formula is C30H44N4O7S. The van der Waals surface area contributed by atoms with Crippen LogP contribution in [0.25, 0.3) is 0 Å². The van der Waals surface area contributed by atoms with Crippen LogP contribution in [0, 0.1) is 0 Å². The zero-order chi connectivity index (χ0) is 30.7. The van der Waals surface area contributed by atoms with Crippen molar-refractivity contribution in [3.8, 4) is 0 Å². The third-order valence-electron chi connectivity index (χ3n) is 7.03. The Morgan fingerprint density at radius 2 is 1.86 bits per heavy atom. The molecule has 0 radical (unpaired) electrons. The Hall–Kier alpha value is -2.80. The number of carbonyl (C=O) groups is 5. The molecule has 1 atom stereocenters. The third-order valence-corrected chi connectivity index (χ3v) is 8.09. The number of imide groups is 1. The molecule has 11 nitrogen and oxygen atoms in total. The van der Waals surface area contributed by atoms with Gasteiger partial charge in [0.1, 0.15) is 18.2 Å². The Bertz CT molecular complexity index is 1100. The van der Waals surface area contributed by atoms with Crippen LogP contribution in [0.2, 0.25) is 0 Å². The number of aldehydes is 2. The van der Waals surface area contributed by atoms with Crippen molar-refractivity contribution in [1.82, 2.24) is 18.8 Å². The van der Waals surface area contributed by atoms with Crippen molar-refractivity contribution in [2.45, 2.75) is 83.4 Å². The molecule has 3 rings (SSSR count). The summed E-state index contributed by atoms with van der Waals surface area (Å²) in [6.07, 6.45) is 5.00. The number of carbonyl (C=O) groups excluding carboxylic acids is 5. The Morgan fingerprint density at radius 1 is 1.14 bits per heavy atom. The first-order valence-corrected chi connectivity index (χ1v) is 15.4. The van der Waals surface area contributed by atoms with Crippen LogP contribution >= 0.6 is 12.1 Å². The van der Waals surface area contributed by atoms with Gasteiger partial charge in [0.2, 0.25) is 0 Å². The molecule has 12 heteroatoms. The lowest BCUT2D eigenvalue weighted by atomic mass is 9.99. The van der Waals surface area contributed by atoms with Crippen LogP contribution < -0.4 is 5.32 Å². The molecule has 2 heterocycles. The summed E-state index contributed by atoms with van der Waals surface area (Å²) in [7, 11) is 2.06. The number of amides is 3. The van der Waals surface area contributed by atoms with Gasteiger partial charge in [-0.2, -0.15) is 0 Å². The van der Waals surface area contributed by atoms with Crippen LogP contribution in [0.4, 0.5) is 4.79 Å². The van der Waals surface area contributed by atoms with Gasteiger partial charge >= 0.3 is 6.09 Å².